The molecule has 0 spiro atoms. The molecular formula is C19H15FN2O2. The van der Waals surface area contributed by atoms with Gasteiger partial charge in [0.25, 0.3) is 0 Å². The number of halogens is 1. The fourth-order valence-corrected chi connectivity index (χ4v) is 2.29. The zero-order valence-corrected chi connectivity index (χ0v) is 13.0. The van der Waals surface area contributed by atoms with E-state index in [9.17, 15) is 9.18 Å². The number of amides is 1. The van der Waals surface area contributed by atoms with Crippen molar-refractivity contribution in [2.24, 2.45) is 0 Å². The molecular weight excluding hydrogens is 307 g/mol. The van der Waals surface area contributed by atoms with Crippen LogP contribution in [0.15, 0.2) is 60.7 Å². The minimum atomic E-state index is -0.479. The van der Waals surface area contributed by atoms with Crippen molar-refractivity contribution < 1.29 is 13.9 Å². The first-order chi connectivity index (χ1) is 11.7. The standard InChI is InChI=1S/C19H15FN2O2/c1-24-17-8-4-5-13-9-10-14(21-19(13)17)11-12-18(23)22-16-7-3-2-6-15(16)20/h2-12H,1H3,(H,22,23)/b12-11+. The van der Waals surface area contributed by atoms with Crippen molar-refractivity contribution in [2.75, 3.05) is 12.4 Å². The Bertz CT molecular complexity index is 922. The van der Waals surface area contributed by atoms with Crippen LogP contribution in [0.3, 0.4) is 0 Å². The Morgan fingerprint density at radius 3 is 2.75 bits per heavy atom. The number of para-hydroxylation sites is 2. The molecule has 1 heterocycles. The lowest BCUT2D eigenvalue weighted by Gasteiger charge is -2.05. The van der Waals surface area contributed by atoms with Gasteiger partial charge in [-0.05, 0) is 30.3 Å². The minimum absolute atomic E-state index is 0.139. The molecule has 3 aromatic rings. The van der Waals surface area contributed by atoms with E-state index in [4.69, 9.17) is 4.74 Å². The average molecular weight is 322 g/mol. The van der Waals surface area contributed by atoms with Crippen LogP contribution >= 0.6 is 0 Å². The quantitative estimate of drug-likeness (QED) is 0.738. The molecule has 0 aliphatic carbocycles. The molecule has 1 amide bonds. The summed E-state index contributed by atoms with van der Waals surface area (Å²) in [7, 11) is 1.58. The predicted molar refractivity (Wildman–Crippen MR) is 92.4 cm³/mol. The molecule has 5 heteroatoms. The van der Waals surface area contributed by atoms with E-state index in [1.54, 1.807) is 31.4 Å². The summed E-state index contributed by atoms with van der Waals surface area (Å²) in [6, 6.07) is 15.4. The van der Waals surface area contributed by atoms with Crippen LogP contribution < -0.4 is 10.1 Å². The predicted octanol–water partition coefficient (Wildman–Crippen LogP) is 4.03. The molecule has 0 unspecified atom stereocenters. The van der Waals surface area contributed by atoms with Crippen LogP contribution in [0.4, 0.5) is 10.1 Å². The third-order valence-corrected chi connectivity index (χ3v) is 3.46. The van der Waals surface area contributed by atoms with Crippen molar-refractivity contribution in [3.63, 3.8) is 0 Å². The molecule has 3 rings (SSSR count). The second-order valence-electron chi connectivity index (χ2n) is 5.07. The first-order valence-corrected chi connectivity index (χ1v) is 7.35. The fraction of sp³-hybridized carbons (Fsp3) is 0.0526. The molecule has 4 nitrogen and oxygen atoms in total. The summed E-state index contributed by atoms with van der Waals surface area (Å²) in [4.78, 5) is 16.4. The number of aromatic nitrogens is 1. The second-order valence-corrected chi connectivity index (χ2v) is 5.07. The molecule has 24 heavy (non-hydrogen) atoms. The molecule has 0 saturated heterocycles. The highest BCUT2D eigenvalue weighted by molar-refractivity contribution is 6.02. The van der Waals surface area contributed by atoms with Crippen molar-refractivity contribution in [3.8, 4) is 5.75 Å². The number of carbonyl (C=O) groups is 1. The molecule has 0 radical (unpaired) electrons. The molecule has 120 valence electrons. The number of pyridine rings is 1. The molecule has 0 bridgehead atoms. The number of carbonyl (C=O) groups excluding carboxylic acids is 1. The van der Waals surface area contributed by atoms with Crippen LogP contribution in [0.5, 0.6) is 5.75 Å². The molecule has 1 N–H and O–H groups in total. The number of fused-ring (bicyclic) bond motifs is 1. The van der Waals surface area contributed by atoms with Gasteiger partial charge in [0.2, 0.25) is 5.91 Å². The summed E-state index contributed by atoms with van der Waals surface area (Å²) in [5.74, 6) is -0.242. The topological polar surface area (TPSA) is 51.2 Å². The monoisotopic (exact) mass is 322 g/mol. The van der Waals surface area contributed by atoms with E-state index < -0.39 is 11.7 Å². The largest absolute Gasteiger partial charge is 0.494 e. The van der Waals surface area contributed by atoms with Crippen molar-refractivity contribution in [2.45, 2.75) is 0 Å². The van der Waals surface area contributed by atoms with Gasteiger partial charge in [-0.15, -0.1) is 0 Å². The minimum Gasteiger partial charge on any atom is -0.494 e. The van der Waals surface area contributed by atoms with Crippen LogP contribution in [0.25, 0.3) is 17.0 Å². The van der Waals surface area contributed by atoms with Crippen molar-refractivity contribution in [1.82, 2.24) is 4.98 Å². The Morgan fingerprint density at radius 1 is 1.12 bits per heavy atom. The Morgan fingerprint density at radius 2 is 1.96 bits per heavy atom. The lowest BCUT2D eigenvalue weighted by molar-refractivity contribution is -0.111. The summed E-state index contributed by atoms with van der Waals surface area (Å²) in [5.41, 5.74) is 1.47. The number of methoxy groups -OCH3 is 1. The van der Waals surface area contributed by atoms with Gasteiger partial charge in [-0.2, -0.15) is 0 Å². The maximum Gasteiger partial charge on any atom is 0.248 e. The SMILES string of the molecule is COc1cccc2ccc(/C=C/C(=O)Nc3ccccc3F)nc12. The van der Waals surface area contributed by atoms with Crippen molar-refractivity contribution in [1.29, 1.82) is 0 Å². The van der Waals surface area contributed by atoms with Crippen LogP contribution in [-0.4, -0.2) is 18.0 Å². The maximum absolute atomic E-state index is 13.5. The zero-order chi connectivity index (χ0) is 16.9. The van der Waals surface area contributed by atoms with E-state index in [1.807, 2.05) is 24.3 Å². The van der Waals surface area contributed by atoms with Crippen LogP contribution in [0.1, 0.15) is 5.69 Å². The van der Waals surface area contributed by atoms with Gasteiger partial charge < -0.3 is 10.1 Å². The van der Waals surface area contributed by atoms with E-state index in [0.29, 0.717) is 11.4 Å². The van der Waals surface area contributed by atoms with Crippen LogP contribution in [0, 0.1) is 5.82 Å². The highest BCUT2D eigenvalue weighted by Gasteiger charge is 2.05. The molecule has 0 saturated carbocycles. The fourth-order valence-electron chi connectivity index (χ4n) is 2.29. The lowest BCUT2D eigenvalue weighted by Crippen LogP contribution is -2.09. The number of benzene rings is 2. The Hall–Kier alpha value is -3.21. The third-order valence-electron chi connectivity index (χ3n) is 3.46. The number of rotatable bonds is 4. The lowest BCUT2D eigenvalue weighted by atomic mass is 10.2. The molecule has 0 aliphatic rings. The number of anilines is 1. The molecule has 0 atom stereocenters. The van der Waals surface area contributed by atoms with E-state index >= 15 is 0 Å². The van der Waals surface area contributed by atoms with Gasteiger partial charge in [-0.1, -0.05) is 30.3 Å². The van der Waals surface area contributed by atoms with Gasteiger partial charge in [0.05, 0.1) is 18.5 Å². The third kappa shape index (κ3) is 3.41. The molecule has 0 aliphatic heterocycles. The van der Waals surface area contributed by atoms with Gasteiger partial charge in [-0.25, -0.2) is 9.37 Å². The zero-order valence-electron chi connectivity index (χ0n) is 13.0. The normalized spacial score (nSPS) is 10.9. The van der Waals surface area contributed by atoms with Gasteiger partial charge in [0.1, 0.15) is 17.1 Å². The van der Waals surface area contributed by atoms with Crippen molar-refractivity contribution in [3.05, 3.63) is 72.2 Å². The number of hydrogen-bond donors (Lipinski definition) is 1. The van der Waals surface area contributed by atoms with E-state index in [1.165, 1.54) is 18.2 Å². The smallest absolute Gasteiger partial charge is 0.248 e. The van der Waals surface area contributed by atoms with Gasteiger partial charge >= 0.3 is 0 Å². The van der Waals surface area contributed by atoms with E-state index in [0.717, 1.165) is 10.9 Å². The summed E-state index contributed by atoms with van der Waals surface area (Å²) in [6.45, 7) is 0. The first kappa shape index (κ1) is 15.7. The maximum atomic E-state index is 13.5. The van der Waals surface area contributed by atoms with Gasteiger partial charge in [0.15, 0.2) is 0 Å². The second kappa shape index (κ2) is 6.91. The molecule has 0 fully saturated rings. The molecule has 2 aromatic carbocycles. The Kier molecular flexibility index (Phi) is 4.52. The van der Waals surface area contributed by atoms with E-state index in [-0.39, 0.29) is 5.69 Å². The Labute approximate surface area is 138 Å². The first-order valence-electron chi connectivity index (χ1n) is 7.35. The Balaban J connectivity index is 1.80. The van der Waals surface area contributed by atoms with E-state index in [2.05, 4.69) is 10.3 Å². The number of ether oxygens (including phenoxy) is 1. The summed E-state index contributed by atoms with van der Waals surface area (Å²) < 4.78 is 18.8. The van der Waals surface area contributed by atoms with Gasteiger partial charge in [-0.3, -0.25) is 4.79 Å². The average Bonchev–Trinajstić information content (AvgIpc) is 2.61. The van der Waals surface area contributed by atoms with Crippen LogP contribution in [0.2, 0.25) is 0 Å². The summed E-state index contributed by atoms with van der Waals surface area (Å²) in [6.07, 6.45) is 2.89. The summed E-state index contributed by atoms with van der Waals surface area (Å²) in [5, 5.41) is 3.43. The number of nitrogens with one attached hydrogen (secondary N) is 1. The van der Waals surface area contributed by atoms with Gasteiger partial charge in [0, 0.05) is 11.5 Å². The van der Waals surface area contributed by atoms with Crippen LogP contribution in [-0.2, 0) is 4.79 Å². The number of hydrogen-bond acceptors (Lipinski definition) is 3. The number of nitrogens with zero attached hydrogens (tertiary/aromatic N) is 1. The molecule has 1 aromatic heterocycles. The highest BCUT2D eigenvalue weighted by atomic mass is 19.1. The highest BCUT2D eigenvalue weighted by Crippen LogP contribution is 2.23. The van der Waals surface area contributed by atoms with Crippen molar-refractivity contribution >= 4 is 28.6 Å². The summed E-state index contributed by atoms with van der Waals surface area (Å²) >= 11 is 0.